The van der Waals surface area contributed by atoms with E-state index in [1.165, 1.54) is 6.92 Å². The van der Waals surface area contributed by atoms with Crippen molar-refractivity contribution in [2.24, 2.45) is 0 Å². The van der Waals surface area contributed by atoms with Gasteiger partial charge in [-0.05, 0) is 24.3 Å². The highest BCUT2D eigenvalue weighted by Gasteiger charge is 2.13. The molecule has 0 spiro atoms. The van der Waals surface area contributed by atoms with Crippen LogP contribution in [0.2, 0.25) is 0 Å². The van der Waals surface area contributed by atoms with Crippen LogP contribution in [0.1, 0.15) is 17.5 Å². The predicted molar refractivity (Wildman–Crippen MR) is 64.9 cm³/mol. The Labute approximate surface area is 106 Å². The summed E-state index contributed by atoms with van der Waals surface area (Å²) in [6, 6.07) is 7.07. The van der Waals surface area contributed by atoms with Crippen molar-refractivity contribution in [2.45, 2.75) is 6.92 Å². The number of fused-ring (bicyclic) bond motifs is 1. The summed E-state index contributed by atoms with van der Waals surface area (Å²) in [5, 5.41) is 0.825. The van der Waals surface area contributed by atoms with Crippen molar-refractivity contribution < 1.29 is 18.7 Å². The van der Waals surface area contributed by atoms with Gasteiger partial charge in [0.2, 0.25) is 5.78 Å². The first-order valence-corrected chi connectivity index (χ1v) is 5.71. The number of ether oxygens (including phenoxy) is 1. The fourth-order valence-corrected chi connectivity index (χ4v) is 1.77. The van der Waals surface area contributed by atoms with Crippen molar-refractivity contribution in [1.82, 2.24) is 0 Å². The van der Waals surface area contributed by atoms with Gasteiger partial charge in [0.15, 0.2) is 12.4 Å². The molecule has 1 aromatic carbocycles. The number of benzene rings is 1. The molecule has 0 fully saturated rings. The normalized spacial score (nSPS) is 10.5. The van der Waals surface area contributed by atoms with E-state index in [2.05, 4.69) is 20.7 Å². The number of Topliss-reactive ketones (excluding diaryl/α,β-unsaturated/α-hetero) is 1. The number of ketones is 1. The minimum Gasteiger partial charge on any atom is -0.457 e. The summed E-state index contributed by atoms with van der Waals surface area (Å²) in [4.78, 5) is 22.2. The van der Waals surface area contributed by atoms with Crippen LogP contribution in [0.25, 0.3) is 11.0 Å². The van der Waals surface area contributed by atoms with Crippen LogP contribution in [-0.2, 0) is 9.53 Å². The second-order valence-corrected chi connectivity index (χ2v) is 4.41. The van der Waals surface area contributed by atoms with Gasteiger partial charge in [0.25, 0.3) is 0 Å². The molecule has 0 aliphatic carbocycles. The molecule has 0 saturated carbocycles. The fraction of sp³-hybridized carbons (Fsp3) is 0.167. The molecular weight excluding hydrogens is 288 g/mol. The van der Waals surface area contributed by atoms with E-state index in [0.29, 0.717) is 5.58 Å². The summed E-state index contributed by atoms with van der Waals surface area (Å²) in [5.74, 6) is -0.649. The van der Waals surface area contributed by atoms with E-state index >= 15 is 0 Å². The zero-order chi connectivity index (χ0) is 12.4. The highest BCUT2D eigenvalue weighted by molar-refractivity contribution is 9.10. The summed E-state index contributed by atoms with van der Waals surface area (Å²) in [5.41, 5.74) is 0.624. The fourth-order valence-electron chi connectivity index (χ4n) is 1.39. The Bertz CT molecular complexity index is 585. The Balaban J connectivity index is 2.24. The Morgan fingerprint density at radius 2 is 2.12 bits per heavy atom. The standard InChI is InChI=1S/C12H9BrO4/c1-7(14)16-6-10(15)12-5-8-4-9(13)2-3-11(8)17-12/h2-5H,6H2,1H3. The van der Waals surface area contributed by atoms with E-state index in [1.54, 1.807) is 12.1 Å². The lowest BCUT2D eigenvalue weighted by Gasteiger charge is -1.97. The second-order valence-electron chi connectivity index (χ2n) is 3.50. The van der Waals surface area contributed by atoms with Gasteiger partial charge in [0.05, 0.1) is 0 Å². The summed E-state index contributed by atoms with van der Waals surface area (Å²) >= 11 is 3.33. The van der Waals surface area contributed by atoms with Crippen molar-refractivity contribution in [3.8, 4) is 0 Å². The van der Waals surface area contributed by atoms with Crippen LogP contribution in [0.15, 0.2) is 33.2 Å². The number of esters is 1. The quantitative estimate of drug-likeness (QED) is 0.645. The maximum absolute atomic E-state index is 11.6. The number of hydrogen-bond donors (Lipinski definition) is 0. The maximum Gasteiger partial charge on any atom is 0.303 e. The van der Waals surface area contributed by atoms with Gasteiger partial charge in [-0.25, -0.2) is 0 Å². The van der Waals surface area contributed by atoms with Crippen LogP contribution in [0.5, 0.6) is 0 Å². The largest absolute Gasteiger partial charge is 0.457 e. The first-order chi connectivity index (χ1) is 8.06. The van der Waals surface area contributed by atoms with Gasteiger partial charge in [0, 0.05) is 16.8 Å². The number of halogens is 1. The minimum atomic E-state index is -0.489. The molecule has 88 valence electrons. The molecule has 1 heterocycles. The summed E-state index contributed by atoms with van der Waals surface area (Å²) in [6.07, 6.45) is 0. The number of carbonyl (C=O) groups is 2. The van der Waals surface area contributed by atoms with E-state index in [9.17, 15) is 9.59 Å². The van der Waals surface area contributed by atoms with Gasteiger partial charge in [0.1, 0.15) is 5.58 Å². The second kappa shape index (κ2) is 4.71. The van der Waals surface area contributed by atoms with Crippen molar-refractivity contribution in [3.05, 3.63) is 34.5 Å². The van der Waals surface area contributed by atoms with Gasteiger partial charge in [-0.2, -0.15) is 0 Å². The van der Waals surface area contributed by atoms with Gasteiger partial charge in [-0.1, -0.05) is 15.9 Å². The summed E-state index contributed by atoms with van der Waals surface area (Å²) in [6.45, 7) is 0.958. The van der Waals surface area contributed by atoms with Gasteiger partial charge >= 0.3 is 5.97 Å². The van der Waals surface area contributed by atoms with Crippen LogP contribution in [-0.4, -0.2) is 18.4 Å². The molecule has 0 radical (unpaired) electrons. The molecular formula is C12H9BrO4. The average Bonchev–Trinajstić information content (AvgIpc) is 2.68. The molecule has 0 saturated heterocycles. The zero-order valence-electron chi connectivity index (χ0n) is 9.03. The SMILES string of the molecule is CC(=O)OCC(=O)c1cc2cc(Br)ccc2o1. The molecule has 0 aliphatic rings. The Morgan fingerprint density at radius 1 is 1.35 bits per heavy atom. The van der Waals surface area contributed by atoms with Crippen LogP contribution in [0.3, 0.4) is 0 Å². The third kappa shape index (κ3) is 2.74. The molecule has 4 nitrogen and oxygen atoms in total. The average molecular weight is 297 g/mol. The lowest BCUT2D eigenvalue weighted by Crippen LogP contribution is -2.10. The van der Waals surface area contributed by atoms with Crippen LogP contribution >= 0.6 is 15.9 Å². The third-order valence-corrected chi connectivity index (χ3v) is 2.65. The van der Waals surface area contributed by atoms with E-state index in [1.807, 2.05) is 12.1 Å². The summed E-state index contributed by atoms with van der Waals surface area (Å²) in [7, 11) is 0. The first kappa shape index (κ1) is 11.9. The zero-order valence-corrected chi connectivity index (χ0v) is 10.6. The van der Waals surface area contributed by atoms with Crippen molar-refractivity contribution in [1.29, 1.82) is 0 Å². The smallest absolute Gasteiger partial charge is 0.303 e. The maximum atomic E-state index is 11.6. The molecule has 0 atom stereocenters. The molecule has 2 rings (SSSR count). The van der Waals surface area contributed by atoms with Crippen molar-refractivity contribution in [2.75, 3.05) is 6.61 Å². The third-order valence-electron chi connectivity index (χ3n) is 2.16. The molecule has 1 aromatic heterocycles. The number of rotatable bonds is 3. The molecule has 0 unspecified atom stereocenters. The molecule has 0 aliphatic heterocycles. The van der Waals surface area contributed by atoms with E-state index < -0.39 is 5.97 Å². The predicted octanol–water partition coefficient (Wildman–Crippen LogP) is 2.94. The number of carbonyl (C=O) groups excluding carboxylic acids is 2. The van der Waals surface area contributed by atoms with E-state index in [0.717, 1.165) is 9.86 Å². The van der Waals surface area contributed by atoms with Crippen LogP contribution in [0, 0.1) is 0 Å². The van der Waals surface area contributed by atoms with Crippen molar-refractivity contribution >= 4 is 38.7 Å². The molecule has 0 amide bonds. The topological polar surface area (TPSA) is 56.5 Å². The minimum absolute atomic E-state index is 0.194. The number of furan rings is 1. The van der Waals surface area contributed by atoms with Crippen molar-refractivity contribution in [3.63, 3.8) is 0 Å². The molecule has 17 heavy (non-hydrogen) atoms. The molecule has 5 heteroatoms. The summed E-state index contributed by atoms with van der Waals surface area (Å²) < 4.78 is 10.9. The molecule has 0 bridgehead atoms. The first-order valence-electron chi connectivity index (χ1n) is 4.92. The van der Waals surface area contributed by atoms with Crippen LogP contribution < -0.4 is 0 Å². The monoisotopic (exact) mass is 296 g/mol. The van der Waals surface area contributed by atoms with E-state index in [-0.39, 0.29) is 18.2 Å². The van der Waals surface area contributed by atoms with Gasteiger partial charge in [-0.15, -0.1) is 0 Å². The highest BCUT2D eigenvalue weighted by atomic mass is 79.9. The number of hydrogen-bond acceptors (Lipinski definition) is 4. The van der Waals surface area contributed by atoms with Gasteiger partial charge in [-0.3, -0.25) is 9.59 Å². The van der Waals surface area contributed by atoms with Crippen LogP contribution in [0.4, 0.5) is 0 Å². The van der Waals surface area contributed by atoms with E-state index in [4.69, 9.17) is 4.42 Å². The lowest BCUT2D eigenvalue weighted by atomic mass is 10.2. The highest BCUT2D eigenvalue weighted by Crippen LogP contribution is 2.23. The Kier molecular flexibility index (Phi) is 3.28. The molecule has 2 aromatic rings. The Morgan fingerprint density at radius 3 is 2.82 bits per heavy atom. The Hall–Kier alpha value is -1.62. The lowest BCUT2D eigenvalue weighted by molar-refractivity contribution is -0.139. The van der Waals surface area contributed by atoms with Gasteiger partial charge < -0.3 is 9.15 Å². The molecule has 0 N–H and O–H groups in total.